The van der Waals surface area contributed by atoms with E-state index in [-0.39, 0.29) is 5.56 Å². The van der Waals surface area contributed by atoms with Gasteiger partial charge in [-0.2, -0.15) is 0 Å². The van der Waals surface area contributed by atoms with E-state index in [0.29, 0.717) is 17.8 Å². The van der Waals surface area contributed by atoms with Gasteiger partial charge in [0, 0.05) is 18.9 Å². The van der Waals surface area contributed by atoms with Crippen molar-refractivity contribution in [2.24, 2.45) is 0 Å². The molecule has 88 valence electrons. The van der Waals surface area contributed by atoms with E-state index in [1.807, 2.05) is 6.92 Å². The number of anilines is 1. The third kappa shape index (κ3) is 2.25. The van der Waals surface area contributed by atoms with Crippen LogP contribution in [0.2, 0.25) is 0 Å². The minimum atomic E-state index is -0.574. The Morgan fingerprint density at radius 1 is 1.12 bits per heavy atom. The van der Waals surface area contributed by atoms with Crippen LogP contribution in [0.15, 0.2) is 36.7 Å². The molecule has 1 N–H and O–H groups in total. The molecule has 0 aliphatic carbocycles. The summed E-state index contributed by atoms with van der Waals surface area (Å²) in [4.78, 5) is 3.83. The SMILES string of the molecule is CCNc1ccc(F)c(-c2ccncc2)c1F. The highest BCUT2D eigenvalue weighted by molar-refractivity contribution is 5.69. The Labute approximate surface area is 98.3 Å². The van der Waals surface area contributed by atoms with Crippen LogP contribution in [0.5, 0.6) is 0 Å². The molecule has 0 radical (unpaired) electrons. The summed E-state index contributed by atoms with van der Waals surface area (Å²) in [7, 11) is 0. The van der Waals surface area contributed by atoms with Crippen molar-refractivity contribution in [2.75, 3.05) is 11.9 Å². The van der Waals surface area contributed by atoms with Crippen molar-refractivity contribution < 1.29 is 8.78 Å². The van der Waals surface area contributed by atoms with Gasteiger partial charge in [0.1, 0.15) is 5.82 Å². The maximum absolute atomic E-state index is 14.1. The molecule has 17 heavy (non-hydrogen) atoms. The number of halogens is 2. The van der Waals surface area contributed by atoms with E-state index in [0.717, 1.165) is 0 Å². The topological polar surface area (TPSA) is 24.9 Å². The molecule has 0 amide bonds. The summed E-state index contributed by atoms with van der Waals surface area (Å²) in [6.07, 6.45) is 3.02. The van der Waals surface area contributed by atoms with Crippen molar-refractivity contribution >= 4 is 5.69 Å². The summed E-state index contributed by atoms with van der Waals surface area (Å²) in [6.45, 7) is 2.44. The second kappa shape index (κ2) is 4.91. The number of pyridine rings is 1. The average molecular weight is 234 g/mol. The minimum Gasteiger partial charge on any atom is -0.383 e. The first kappa shape index (κ1) is 11.5. The van der Waals surface area contributed by atoms with E-state index >= 15 is 0 Å². The number of nitrogens with zero attached hydrogens (tertiary/aromatic N) is 1. The van der Waals surface area contributed by atoms with Crippen molar-refractivity contribution in [3.05, 3.63) is 48.3 Å². The summed E-state index contributed by atoms with van der Waals surface area (Å²) >= 11 is 0. The van der Waals surface area contributed by atoms with Crippen LogP contribution in [-0.4, -0.2) is 11.5 Å². The van der Waals surface area contributed by atoms with E-state index in [4.69, 9.17) is 0 Å². The lowest BCUT2D eigenvalue weighted by Crippen LogP contribution is -2.02. The molecule has 2 rings (SSSR count). The highest BCUT2D eigenvalue weighted by Gasteiger charge is 2.14. The highest BCUT2D eigenvalue weighted by atomic mass is 19.1. The molecule has 2 aromatic rings. The zero-order valence-electron chi connectivity index (χ0n) is 9.37. The third-order valence-corrected chi connectivity index (χ3v) is 2.43. The fraction of sp³-hybridized carbons (Fsp3) is 0.154. The number of benzene rings is 1. The fourth-order valence-corrected chi connectivity index (χ4v) is 1.66. The van der Waals surface area contributed by atoms with Gasteiger partial charge in [0.15, 0.2) is 5.82 Å². The Balaban J connectivity index is 2.56. The monoisotopic (exact) mass is 234 g/mol. The highest BCUT2D eigenvalue weighted by Crippen LogP contribution is 2.30. The van der Waals surface area contributed by atoms with Gasteiger partial charge in [-0.3, -0.25) is 4.98 Å². The Morgan fingerprint density at radius 2 is 1.82 bits per heavy atom. The Kier molecular flexibility index (Phi) is 3.32. The van der Waals surface area contributed by atoms with Gasteiger partial charge in [-0.15, -0.1) is 0 Å². The van der Waals surface area contributed by atoms with Gasteiger partial charge < -0.3 is 5.32 Å². The Bertz CT molecular complexity index is 512. The molecule has 1 aromatic carbocycles. The smallest absolute Gasteiger partial charge is 0.157 e. The average Bonchev–Trinajstić information content (AvgIpc) is 2.35. The molecule has 0 aliphatic rings. The second-order valence-corrected chi connectivity index (χ2v) is 3.55. The minimum absolute atomic E-state index is 0.0224. The zero-order chi connectivity index (χ0) is 12.3. The van der Waals surface area contributed by atoms with E-state index in [1.165, 1.54) is 24.5 Å². The molecule has 0 fully saturated rings. The normalized spacial score (nSPS) is 10.3. The molecular formula is C13H12F2N2. The summed E-state index contributed by atoms with van der Waals surface area (Å²) < 4.78 is 27.8. The Morgan fingerprint density at radius 3 is 2.47 bits per heavy atom. The summed E-state index contributed by atoms with van der Waals surface area (Å²) in [5, 5.41) is 2.86. The van der Waals surface area contributed by atoms with Crippen molar-refractivity contribution in [3.8, 4) is 11.1 Å². The van der Waals surface area contributed by atoms with Crippen molar-refractivity contribution in [2.45, 2.75) is 6.92 Å². The van der Waals surface area contributed by atoms with Crippen LogP contribution in [0.1, 0.15) is 6.92 Å². The van der Waals surface area contributed by atoms with E-state index in [2.05, 4.69) is 10.3 Å². The predicted molar refractivity (Wildman–Crippen MR) is 63.8 cm³/mol. The van der Waals surface area contributed by atoms with Crippen LogP contribution in [0.25, 0.3) is 11.1 Å². The molecule has 4 heteroatoms. The van der Waals surface area contributed by atoms with Gasteiger partial charge in [-0.25, -0.2) is 8.78 Å². The summed E-state index contributed by atoms with van der Waals surface area (Å²) in [5.41, 5.74) is 0.765. The molecule has 0 atom stereocenters. The lowest BCUT2D eigenvalue weighted by Gasteiger charge is -2.10. The molecular weight excluding hydrogens is 222 g/mol. The van der Waals surface area contributed by atoms with Crippen LogP contribution in [0.3, 0.4) is 0 Å². The molecule has 1 aromatic heterocycles. The molecule has 0 saturated carbocycles. The van der Waals surface area contributed by atoms with Gasteiger partial charge in [0.2, 0.25) is 0 Å². The number of hydrogen-bond donors (Lipinski definition) is 1. The maximum Gasteiger partial charge on any atom is 0.157 e. The molecule has 0 unspecified atom stereocenters. The molecule has 0 bridgehead atoms. The fourth-order valence-electron chi connectivity index (χ4n) is 1.66. The van der Waals surface area contributed by atoms with Crippen LogP contribution in [-0.2, 0) is 0 Å². The van der Waals surface area contributed by atoms with Crippen molar-refractivity contribution in [1.82, 2.24) is 4.98 Å². The number of nitrogens with one attached hydrogen (secondary N) is 1. The first-order valence-corrected chi connectivity index (χ1v) is 5.36. The summed E-state index contributed by atoms with van der Waals surface area (Å²) in [6, 6.07) is 5.82. The van der Waals surface area contributed by atoms with Crippen LogP contribution < -0.4 is 5.32 Å². The number of hydrogen-bond acceptors (Lipinski definition) is 2. The molecule has 0 saturated heterocycles. The lowest BCUT2D eigenvalue weighted by atomic mass is 10.0. The van der Waals surface area contributed by atoms with Crippen molar-refractivity contribution in [3.63, 3.8) is 0 Å². The Hall–Kier alpha value is -1.97. The quantitative estimate of drug-likeness (QED) is 0.879. The van der Waals surface area contributed by atoms with Crippen LogP contribution in [0, 0.1) is 11.6 Å². The molecule has 1 heterocycles. The van der Waals surface area contributed by atoms with Gasteiger partial charge in [-0.1, -0.05) is 0 Å². The zero-order valence-corrected chi connectivity index (χ0v) is 9.37. The first-order valence-electron chi connectivity index (χ1n) is 5.36. The standard InChI is InChI=1S/C13H12F2N2/c1-2-17-11-4-3-10(14)12(13(11)15)9-5-7-16-8-6-9/h3-8,17H,2H2,1H3. The van der Waals surface area contributed by atoms with Gasteiger partial charge in [-0.05, 0) is 36.8 Å². The van der Waals surface area contributed by atoms with Gasteiger partial charge in [0.05, 0.1) is 11.3 Å². The van der Waals surface area contributed by atoms with Crippen LogP contribution in [0.4, 0.5) is 14.5 Å². The second-order valence-electron chi connectivity index (χ2n) is 3.55. The van der Waals surface area contributed by atoms with E-state index in [9.17, 15) is 8.78 Å². The number of aromatic nitrogens is 1. The maximum atomic E-state index is 14.1. The largest absolute Gasteiger partial charge is 0.383 e. The lowest BCUT2D eigenvalue weighted by molar-refractivity contribution is 0.591. The summed E-state index contributed by atoms with van der Waals surface area (Å²) in [5.74, 6) is -1.14. The molecule has 0 spiro atoms. The van der Waals surface area contributed by atoms with Gasteiger partial charge in [0.25, 0.3) is 0 Å². The van der Waals surface area contributed by atoms with Gasteiger partial charge >= 0.3 is 0 Å². The van der Waals surface area contributed by atoms with Crippen LogP contribution >= 0.6 is 0 Å². The van der Waals surface area contributed by atoms with E-state index in [1.54, 1.807) is 12.1 Å². The van der Waals surface area contributed by atoms with Crippen molar-refractivity contribution in [1.29, 1.82) is 0 Å². The van der Waals surface area contributed by atoms with E-state index < -0.39 is 11.6 Å². The molecule has 2 nitrogen and oxygen atoms in total. The molecule has 0 aliphatic heterocycles. The predicted octanol–water partition coefficient (Wildman–Crippen LogP) is 3.46. The third-order valence-electron chi connectivity index (χ3n) is 2.43. The number of rotatable bonds is 3. The first-order chi connectivity index (χ1) is 8.24.